The highest BCUT2D eigenvalue weighted by Crippen LogP contribution is 2.43. The van der Waals surface area contributed by atoms with Gasteiger partial charge in [-0.2, -0.15) is 5.26 Å². The van der Waals surface area contributed by atoms with E-state index in [-0.39, 0.29) is 30.2 Å². The quantitative estimate of drug-likeness (QED) is 0.678. The average molecular weight is 257 g/mol. The lowest BCUT2D eigenvalue weighted by Crippen LogP contribution is -2.41. The summed E-state index contributed by atoms with van der Waals surface area (Å²) in [4.78, 5) is 0. The topological polar surface area (TPSA) is 42.2 Å². The smallest absolute Gasteiger partial charge is 0.400 e. The molecular formula is C14H21B2NO2. The monoisotopic (exact) mass is 257 g/mol. The molecular weight excluding hydrogens is 236 g/mol. The molecule has 1 aliphatic carbocycles. The molecule has 2 unspecified atom stereocenters. The van der Waals surface area contributed by atoms with Crippen molar-refractivity contribution in [2.24, 2.45) is 11.8 Å². The second-order valence-electron chi connectivity index (χ2n) is 6.74. The fourth-order valence-electron chi connectivity index (χ4n) is 2.79. The van der Waals surface area contributed by atoms with E-state index >= 15 is 0 Å². The molecule has 0 amide bonds. The minimum Gasteiger partial charge on any atom is -0.400 e. The maximum atomic E-state index is 9.05. The number of nitriles is 1. The van der Waals surface area contributed by atoms with Crippen molar-refractivity contribution in [2.75, 3.05) is 0 Å². The molecule has 1 saturated heterocycles. The van der Waals surface area contributed by atoms with Crippen LogP contribution in [0.25, 0.3) is 0 Å². The van der Waals surface area contributed by atoms with Crippen molar-refractivity contribution in [1.82, 2.24) is 0 Å². The Labute approximate surface area is 117 Å². The maximum Gasteiger partial charge on any atom is 0.489 e. The predicted molar refractivity (Wildman–Crippen MR) is 76.4 cm³/mol. The lowest BCUT2D eigenvalue weighted by molar-refractivity contribution is 0.00578. The van der Waals surface area contributed by atoms with Gasteiger partial charge in [-0.15, -0.1) is 5.47 Å². The number of rotatable bonds is 1. The highest BCUT2D eigenvalue weighted by atomic mass is 16.7. The second-order valence-corrected chi connectivity index (χ2v) is 6.74. The molecule has 5 heteroatoms. The molecule has 19 heavy (non-hydrogen) atoms. The van der Waals surface area contributed by atoms with E-state index in [0.717, 1.165) is 17.4 Å². The van der Waals surface area contributed by atoms with Crippen LogP contribution in [-0.2, 0) is 9.31 Å². The first-order valence-electron chi connectivity index (χ1n) is 6.91. The first-order chi connectivity index (χ1) is 8.68. The van der Waals surface area contributed by atoms with Crippen molar-refractivity contribution in [3.63, 3.8) is 0 Å². The molecule has 2 atom stereocenters. The van der Waals surface area contributed by atoms with Gasteiger partial charge in [-0.3, -0.25) is 0 Å². The second kappa shape index (κ2) is 4.68. The molecule has 3 nitrogen and oxygen atoms in total. The van der Waals surface area contributed by atoms with E-state index in [2.05, 4.69) is 13.0 Å². The van der Waals surface area contributed by atoms with Gasteiger partial charge in [-0.1, -0.05) is 6.92 Å². The van der Waals surface area contributed by atoms with Crippen LogP contribution < -0.4 is 0 Å². The zero-order valence-electron chi connectivity index (χ0n) is 12.5. The molecule has 0 aromatic carbocycles. The number of nitrogens with zero attached hydrogens (tertiary/aromatic N) is 1. The van der Waals surface area contributed by atoms with Crippen molar-refractivity contribution in [2.45, 2.75) is 58.7 Å². The predicted octanol–water partition coefficient (Wildman–Crippen LogP) is 2.61. The number of hydrogen-bond acceptors (Lipinski definition) is 3. The Morgan fingerprint density at radius 3 is 2.21 bits per heavy atom. The molecule has 1 fully saturated rings. The minimum absolute atomic E-state index is 0.0150. The maximum absolute atomic E-state index is 9.05. The van der Waals surface area contributed by atoms with Gasteiger partial charge >= 0.3 is 7.12 Å². The zero-order chi connectivity index (χ0) is 14.4. The van der Waals surface area contributed by atoms with Crippen LogP contribution in [0.3, 0.4) is 0 Å². The van der Waals surface area contributed by atoms with Crippen molar-refractivity contribution in [3.05, 3.63) is 10.9 Å². The normalized spacial score (nSPS) is 33.4. The third-order valence-electron chi connectivity index (χ3n) is 4.70. The van der Waals surface area contributed by atoms with E-state index < -0.39 is 0 Å². The minimum atomic E-state index is -0.375. The Morgan fingerprint density at radius 1 is 1.26 bits per heavy atom. The third-order valence-corrected chi connectivity index (χ3v) is 4.70. The molecule has 1 aliphatic heterocycles. The van der Waals surface area contributed by atoms with Gasteiger partial charge in [0, 0.05) is 5.92 Å². The Balaban J connectivity index is 2.27. The Kier molecular flexibility index (Phi) is 3.62. The Morgan fingerprint density at radius 2 is 1.79 bits per heavy atom. The van der Waals surface area contributed by atoms with Gasteiger partial charge in [-0.05, 0) is 51.9 Å². The third kappa shape index (κ3) is 2.49. The van der Waals surface area contributed by atoms with Crippen LogP contribution in [0.1, 0.15) is 47.5 Å². The van der Waals surface area contributed by atoms with Crippen LogP contribution in [0, 0.1) is 23.2 Å². The zero-order valence-corrected chi connectivity index (χ0v) is 12.5. The molecule has 2 radical (unpaired) electrons. The SMILES string of the molecule is [B]C1=C(B2OC(C)(C)C(C)(C)O2)C(C)CC(C#N)C1. The summed E-state index contributed by atoms with van der Waals surface area (Å²) in [7, 11) is 5.79. The first-order valence-corrected chi connectivity index (χ1v) is 6.91. The molecule has 100 valence electrons. The number of allylic oxidation sites excluding steroid dienone is 2. The van der Waals surface area contributed by atoms with E-state index in [1.807, 2.05) is 27.7 Å². The van der Waals surface area contributed by atoms with E-state index in [1.54, 1.807) is 0 Å². The summed E-state index contributed by atoms with van der Waals surface area (Å²) in [5.74, 6) is 0.245. The first kappa shape index (κ1) is 14.7. The summed E-state index contributed by atoms with van der Waals surface area (Å²) in [6.07, 6.45) is 1.46. The van der Waals surface area contributed by atoms with Gasteiger partial charge in [0.1, 0.15) is 7.85 Å². The summed E-state index contributed by atoms with van der Waals surface area (Å²) >= 11 is 0. The van der Waals surface area contributed by atoms with Crippen LogP contribution in [-0.4, -0.2) is 26.2 Å². The van der Waals surface area contributed by atoms with Gasteiger partial charge < -0.3 is 9.31 Å². The molecule has 1 heterocycles. The summed E-state index contributed by atoms with van der Waals surface area (Å²) in [6, 6.07) is 2.31. The Hall–Kier alpha value is -0.720. The molecule has 0 aromatic heterocycles. The lowest BCUT2D eigenvalue weighted by atomic mass is 9.59. The highest BCUT2D eigenvalue weighted by Gasteiger charge is 2.53. The molecule has 0 spiro atoms. The molecule has 0 saturated carbocycles. The van der Waals surface area contributed by atoms with E-state index in [0.29, 0.717) is 6.42 Å². The van der Waals surface area contributed by atoms with Gasteiger partial charge in [0.25, 0.3) is 0 Å². The van der Waals surface area contributed by atoms with Gasteiger partial charge in [0.2, 0.25) is 0 Å². The largest absolute Gasteiger partial charge is 0.489 e. The highest BCUT2D eigenvalue weighted by molar-refractivity contribution is 6.56. The summed E-state index contributed by atoms with van der Waals surface area (Å²) in [5.41, 5.74) is 1.10. The fraction of sp³-hybridized carbons (Fsp3) is 0.786. The standard InChI is InChI=1S/C14H21B2NO2/c1-9-6-10(8-17)7-11(15)12(9)16-18-13(2,3)14(4,5)19-16/h9-10H,6-7H2,1-5H3. The van der Waals surface area contributed by atoms with Crippen LogP contribution in [0.4, 0.5) is 0 Å². The van der Waals surface area contributed by atoms with Crippen LogP contribution in [0.5, 0.6) is 0 Å². The summed E-state index contributed by atoms with van der Waals surface area (Å²) in [6.45, 7) is 10.2. The van der Waals surface area contributed by atoms with E-state index in [1.165, 1.54) is 0 Å². The summed E-state index contributed by atoms with van der Waals surface area (Å²) < 4.78 is 12.1. The fourth-order valence-corrected chi connectivity index (χ4v) is 2.79. The van der Waals surface area contributed by atoms with Crippen LogP contribution in [0.2, 0.25) is 0 Å². The molecule has 0 aromatic rings. The number of hydrogen-bond donors (Lipinski definition) is 0. The van der Waals surface area contributed by atoms with Crippen molar-refractivity contribution < 1.29 is 9.31 Å². The lowest BCUT2D eigenvalue weighted by Gasteiger charge is -2.32. The van der Waals surface area contributed by atoms with Crippen LogP contribution in [0.15, 0.2) is 10.9 Å². The van der Waals surface area contributed by atoms with E-state index in [9.17, 15) is 0 Å². The van der Waals surface area contributed by atoms with Crippen molar-refractivity contribution in [3.8, 4) is 6.07 Å². The average Bonchev–Trinajstić information content (AvgIpc) is 2.46. The molecule has 0 bridgehead atoms. The van der Waals surface area contributed by atoms with Crippen LogP contribution >= 0.6 is 0 Å². The van der Waals surface area contributed by atoms with Crippen molar-refractivity contribution >= 4 is 15.0 Å². The van der Waals surface area contributed by atoms with Gasteiger partial charge in [-0.25, -0.2) is 0 Å². The summed E-state index contributed by atoms with van der Waals surface area (Å²) in [5, 5.41) is 9.05. The van der Waals surface area contributed by atoms with Gasteiger partial charge in [0.15, 0.2) is 0 Å². The van der Waals surface area contributed by atoms with E-state index in [4.69, 9.17) is 22.4 Å². The molecule has 2 aliphatic rings. The van der Waals surface area contributed by atoms with Crippen molar-refractivity contribution in [1.29, 1.82) is 5.26 Å². The van der Waals surface area contributed by atoms with Gasteiger partial charge in [0.05, 0.1) is 17.3 Å². The Bertz CT molecular complexity index is 435. The molecule has 2 rings (SSSR count). The molecule has 0 N–H and O–H groups in total.